The first-order valence-corrected chi connectivity index (χ1v) is 10.5. The lowest BCUT2D eigenvalue weighted by molar-refractivity contribution is 0.0917. The fraction of sp³-hybridized carbons (Fsp3) is 0.304. The molecule has 0 aliphatic rings. The SMILES string of the molecule is CCOc1cc(C=O)ccc1OCC(=O)c1cc(C)n(CCc2cccs2)c1C. The first-order valence-electron chi connectivity index (χ1n) is 9.60. The molecule has 1 aromatic carbocycles. The molecule has 0 unspecified atom stereocenters. The average molecular weight is 412 g/mol. The molecule has 3 rings (SSSR count). The molecule has 6 heteroatoms. The number of hydrogen-bond acceptors (Lipinski definition) is 5. The summed E-state index contributed by atoms with van der Waals surface area (Å²) < 4.78 is 13.4. The van der Waals surface area contributed by atoms with E-state index in [4.69, 9.17) is 9.47 Å². The maximum Gasteiger partial charge on any atom is 0.202 e. The van der Waals surface area contributed by atoms with Gasteiger partial charge in [0.05, 0.1) is 6.61 Å². The quantitative estimate of drug-likeness (QED) is 0.352. The van der Waals surface area contributed by atoms with E-state index < -0.39 is 0 Å². The second-order valence-corrected chi connectivity index (χ2v) is 7.77. The standard InChI is InChI=1S/C23H25NO4S/c1-4-27-23-13-18(14-25)7-8-22(23)28-15-21(26)20-12-16(2)24(17(20)3)10-9-19-6-5-11-29-19/h5-8,11-14H,4,9-10,15H2,1-3H3. The minimum Gasteiger partial charge on any atom is -0.490 e. The summed E-state index contributed by atoms with van der Waals surface area (Å²) in [4.78, 5) is 25.1. The van der Waals surface area contributed by atoms with Gasteiger partial charge in [0.2, 0.25) is 5.78 Å². The predicted molar refractivity (Wildman–Crippen MR) is 115 cm³/mol. The minimum absolute atomic E-state index is 0.0811. The van der Waals surface area contributed by atoms with Crippen LogP contribution >= 0.6 is 11.3 Å². The van der Waals surface area contributed by atoms with Crippen LogP contribution in [-0.4, -0.2) is 29.9 Å². The van der Waals surface area contributed by atoms with Gasteiger partial charge in [-0.05, 0) is 62.9 Å². The van der Waals surface area contributed by atoms with Crippen molar-refractivity contribution in [2.75, 3.05) is 13.2 Å². The lowest BCUT2D eigenvalue weighted by atomic mass is 10.1. The summed E-state index contributed by atoms with van der Waals surface area (Å²) in [7, 11) is 0. The smallest absolute Gasteiger partial charge is 0.202 e. The number of thiophene rings is 1. The summed E-state index contributed by atoms with van der Waals surface area (Å²) in [5, 5.41) is 2.08. The van der Waals surface area contributed by atoms with Crippen LogP contribution in [0, 0.1) is 13.8 Å². The molecule has 0 spiro atoms. The topological polar surface area (TPSA) is 57.5 Å². The lowest BCUT2D eigenvalue weighted by Crippen LogP contribution is -2.14. The third kappa shape index (κ3) is 4.95. The van der Waals surface area contributed by atoms with Gasteiger partial charge in [-0.1, -0.05) is 6.07 Å². The number of Topliss-reactive ketones (excluding diaryl/α,β-unsaturated/α-hetero) is 1. The van der Waals surface area contributed by atoms with Crippen molar-refractivity contribution in [3.63, 3.8) is 0 Å². The molecule has 0 aliphatic carbocycles. The minimum atomic E-state index is -0.0876. The van der Waals surface area contributed by atoms with Gasteiger partial charge in [-0.3, -0.25) is 9.59 Å². The molecule has 29 heavy (non-hydrogen) atoms. The van der Waals surface area contributed by atoms with Gasteiger partial charge in [0.25, 0.3) is 0 Å². The van der Waals surface area contributed by atoms with E-state index in [0.717, 1.165) is 30.6 Å². The van der Waals surface area contributed by atoms with Crippen molar-refractivity contribution >= 4 is 23.4 Å². The summed E-state index contributed by atoms with van der Waals surface area (Å²) in [5.74, 6) is 0.839. The van der Waals surface area contributed by atoms with Crippen molar-refractivity contribution in [3.05, 3.63) is 69.2 Å². The molecule has 0 saturated carbocycles. The molecule has 2 aromatic heterocycles. The number of ketones is 1. The molecular weight excluding hydrogens is 386 g/mol. The number of carbonyl (C=O) groups excluding carboxylic acids is 2. The van der Waals surface area contributed by atoms with Crippen LogP contribution in [0.25, 0.3) is 0 Å². The van der Waals surface area contributed by atoms with Crippen molar-refractivity contribution in [2.45, 2.75) is 33.7 Å². The average Bonchev–Trinajstić information content (AvgIpc) is 3.33. The van der Waals surface area contributed by atoms with E-state index in [9.17, 15) is 9.59 Å². The van der Waals surface area contributed by atoms with Crippen LogP contribution in [0.5, 0.6) is 11.5 Å². The van der Waals surface area contributed by atoms with Crippen LogP contribution in [0.2, 0.25) is 0 Å². The van der Waals surface area contributed by atoms with Crippen LogP contribution in [0.4, 0.5) is 0 Å². The van der Waals surface area contributed by atoms with Crippen LogP contribution in [0.3, 0.4) is 0 Å². The van der Waals surface area contributed by atoms with E-state index in [-0.39, 0.29) is 12.4 Å². The van der Waals surface area contributed by atoms with Crippen molar-refractivity contribution in [1.29, 1.82) is 0 Å². The van der Waals surface area contributed by atoms with Gasteiger partial charge < -0.3 is 14.0 Å². The molecule has 0 bridgehead atoms. The summed E-state index contributed by atoms with van der Waals surface area (Å²) in [6.45, 7) is 7.04. The van der Waals surface area contributed by atoms with Crippen molar-refractivity contribution in [3.8, 4) is 11.5 Å². The van der Waals surface area contributed by atoms with Crippen LogP contribution in [-0.2, 0) is 13.0 Å². The van der Waals surface area contributed by atoms with Gasteiger partial charge in [0.1, 0.15) is 6.29 Å². The van der Waals surface area contributed by atoms with E-state index in [0.29, 0.717) is 29.2 Å². The molecule has 2 heterocycles. The zero-order valence-corrected chi connectivity index (χ0v) is 17.8. The molecule has 5 nitrogen and oxygen atoms in total. The second kappa shape index (κ2) is 9.56. The zero-order chi connectivity index (χ0) is 20.8. The van der Waals surface area contributed by atoms with E-state index in [1.165, 1.54) is 4.88 Å². The Hall–Kier alpha value is -2.86. The monoisotopic (exact) mass is 411 g/mol. The number of carbonyl (C=O) groups is 2. The Kier molecular flexibility index (Phi) is 6.88. The lowest BCUT2D eigenvalue weighted by Gasteiger charge is -2.12. The Balaban J connectivity index is 1.70. The van der Waals surface area contributed by atoms with Gasteiger partial charge in [-0.2, -0.15) is 0 Å². The third-order valence-corrected chi connectivity index (χ3v) is 5.73. The second-order valence-electron chi connectivity index (χ2n) is 6.73. The van der Waals surface area contributed by atoms with Crippen LogP contribution < -0.4 is 9.47 Å². The van der Waals surface area contributed by atoms with Gasteiger partial charge >= 0.3 is 0 Å². The normalized spacial score (nSPS) is 10.7. The van der Waals surface area contributed by atoms with E-state index in [1.807, 2.05) is 26.8 Å². The Morgan fingerprint density at radius 1 is 1.14 bits per heavy atom. The Bertz CT molecular complexity index is 989. The van der Waals surface area contributed by atoms with Crippen molar-refractivity contribution in [2.24, 2.45) is 0 Å². The fourth-order valence-electron chi connectivity index (χ4n) is 3.31. The first-order chi connectivity index (χ1) is 14.0. The molecule has 3 aromatic rings. The van der Waals surface area contributed by atoms with Gasteiger partial charge in [-0.15, -0.1) is 11.3 Å². The predicted octanol–water partition coefficient (Wildman–Crippen LogP) is 4.88. The highest BCUT2D eigenvalue weighted by Crippen LogP contribution is 2.28. The number of ether oxygens (including phenoxy) is 2. The van der Waals surface area contributed by atoms with E-state index >= 15 is 0 Å². The fourth-order valence-corrected chi connectivity index (χ4v) is 4.01. The molecule has 0 saturated heterocycles. The van der Waals surface area contributed by atoms with Crippen molar-refractivity contribution in [1.82, 2.24) is 4.57 Å². The molecule has 152 valence electrons. The van der Waals surface area contributed by atoms with Crippen LogP contribution in [0.15, 0.2) is 41.8 Å². The molecule has 0 N–H and O–H groups in total. The summed E-state index contributed by atoms with van der Waals surface area (Å²) in [6, 6.07) is 11.0. The summed E-state index contributed by atoms with van der Waals surface area (Å²) in [6.07, 6.45) is 1.70. The zero-order valence-electron chi connectivity index (χ0n) is 16.9. The number of rotatable bonds is 10. The third-order valence-electron chi connectivity index (χ3n) is 4.80. The number of aryl methyl sites for hydroxylation is 2. The maximum atomic E-state index is 12.8. The van der Waals surface area contributed by atoms with Gasteiger partial charge in [-0.25, -0.2) is 0 Å². The largest absolute Gasteiger partial charge is 0.490 e. The molecule has 0 radical (unpaired) electrons. The number of aromatic nitrogens is 1. The highest BCUT2D eigenvalue weighted by atomic mass is 32.1. The van der Waals surface area contributed by atoms with Crippen LogP contribution in [0.1, 0.15) is 43.9 Å². The Labute approximate surface area is 174 Å². The summed E-state index contributed by atoms with van der Waals surface area (Å²) >= 11 is 1.75. The van der Waals surface area contributed by atoms with E-state index in [1.54, 1.807) is 29.5 Å². The molecule has 0 fully saturated rings. The Morgan fingerprint density at radius 3 is 2.66 bits per heavy atom. The number of benzene rings is 1. The van der Waals surface area contributed by atoms with Gasteiger partial charge in [0.15, 0.2) is 18.1 Å². The number of hydrogen-bond donors (Lipinski definition) is 0. The highest BCUT2D eigenvalue weighted by molar-refractivity contribution is 7.09. The summed E-state index contributed by atoms with van der Waals surface area (Å²) in [5.41, 5.74) is 3.19. The Morgan fingerprint density at radius 2 is 1.97 bits per heavy atom. The first kappa shape index (κ1) is 20.9. The van der Waals surface area contributed by atoms with Crippen molar-refractivity contribution < 1.29 is 19.1 Å². The molecule has 0 amide bonds. The number of aldehydes is 1. The highest BCUT2D eigenvalue weighted by Gasteiger charge is 2.17. The number of nitrogens with zero attached hydrogens (tertiary/aromatic N) is 1. The molecule has 0 aliphatic heterocycles. The van der Waals surface area contributed by atoms with Gasteiger partial charge in [0, 0.05) is 33.9 Å². The maximum absolute atomic E-state index is 12.8. The molecule has 0 atom stereocenters. The van der Waals surface area contributed by atoms with E-state index in [2.05, 4.69) is 22.1 Å². The molecular formula is C23H25NO4S.